The van der Waals surface area contributed by atoms with E-state index in [1.54, 1.807) is 12.1 Å². The summed E-state index contributed by atoms with van der Waals surface area (Å²) in [6.07, 6.45) is 0. The predicted molar refractivity (Wildman–Crippen MR) is 71.4 cm³/mol. The first-order valence-electron chi connectivity index (χ1n) is 5.63. The summed E-state index contributed by atoms with van der Waals surface area (Å²) in [6.45, 7) is -0.115. The molecule has 2 heterocycles. The number of rotatable bonds is 2. The minimum absolute atomic E-state index is 0.115. The molecule has 0 amide bonds. The topological polar surface area (TPSA) is 112 Å². The van der Waals surface area contributed by atoms with Crippen molar-refractivity contribution < 1.29 is 14.6 Å². The van der Waals surface area contributed by atoms with E-state index in [0.29, 0.717) is 5.69 Å². The van der Waals surface area contributed by atoms with Gasteiger partial charge >= 0.3 is 5.97 Å². The lowest BCUT2D eigenvalue weighted by Crippen LogP contribution is -2.11. The fraction of sp³-hybridized carbons (Fsp3) is 0.154. The minimum Gasteiger partial charge on any atom is -0.464 e. The molecule has 7 heteroatoms. The minimum atomic E-state index is -0.539. The number of methoxy groups -OCH3 is 1. The third-order valence-electron chi connectivity index (χ3n) is 2.17. The van der Waals surface area contributed by atoms with Crippen LogP contribution in [-0.2, 0) is 11.3 Å². The average molecular weight is 278 g/mol. The quantitative estimate of drug-likeness (QED) is 0.671. The fourth-order valence-electron chi connectivity index (χ4n) is 1.26. The smallest absolute Gasteiger partial charge is 0.354 e. The molecule has 2 aromatic rings. The summed E-state index contributed by atoms with van der Waals surface area (Å²) in [5, 5.41) is 8.49. The van der Waals surface area contributed by atoms with Crippen LogP contribution in [0.25, 0.3) is 0 Å². The summed E-state index contributed by atoms with van der Waals surface area (Å²) in [5.74, 6) is -0.539. The maximum absolute atomic E-state index is 10.8. The molecular formula is C13H14N2O5. The van der Waals surface area contributed by atoms with Gasteiger partial charge in [-0.05, 0) is 12.1 Å². The van der Waals surface area contributed by atoms with Gasteiger partial charge in [0.1, 0.15) is 5.69 Å². The molecule has 0 radical (unpaired) electrons. The number of esters is 1. The summed E-state index contributed by atoms with van der Waals surface area (Å²) in [7, 11) is 1.26. The second kappa shape index (κ2) is 7.70. The molecule has 20 heavy (non-hydrogen) atoms. The Labute approximate surface area is 113 Å². The molecule has 0 fully saturated rings. The van der Waals surface area contributed by atoms with Crippen LogP contribution in [0.4, 0.5) is 0 Å². The largest absolute Gasteiger partial charge is 0.464 e. The van der Waals surface area contributed by atoms with E-state index in [1.807, 2.05) is 0 Å². The van der Waals surface area contributed by atoms with Crippen LogP contribution in [0.5, 0.6) is 0 Å². The van der Waals surface area contributed by atoms with E-state index in [0.717, 1.165) is 0 Å². The normalized spacial score (nSPS) is 9.30. The lowest BCUT2D eigenvalue weighted by molar-refractivity contribution is 0.0593. The fourth-order valence-corrected chi connectivity index (χ4v) is 1.26. The zero-order valence-corrected chi connectivity index (χ0v) is 10.8. The third kappa shape index (κ3) is 4.91. The standard InChI is InChI=1S/C7H7NO3.C6H7NO2/c1-11-7(10)5-3-2-4-6(9)8-5;8-4-5-2-1-3-6(9)7-5/h2-4H,1H3,(H,8,9);1-3,8H,4H2,(H,7,9). The van der Waals surface area contributed by atoms with Crippen LogP contribution in [0, 0.1) is 0 Å². The van der Waals surface area contributed by atoms with Gasteiger partial charge in [-0.25, -0.2) is 4.79 Å². The van der Waals surface area contributed by atoms with E-state index in [9.17, 15) is 14.4 Å². The molecule has 0 aromatic carbocycles. The summed E-state index contributed by atoms with van der Waals surface area (Å²) in [4.78, 5) is 36.7. The van der Waals surface area contributed by atoms with Crippen LogP contribution < -0.4 is 11.1 Å². The second-order valence-electron chi connectivity index (χ2n) is 3.62. The number of hydrogen-bond donors (Lipinski definition) is 3. The summed E-state index contributed by atoms with van der Waals surface area (Å²) in [6, 6.07) is 8.95. The Bertz CT molecular complexity index is 674. The lowest BCUT2D eigenvalue weighted by Gasteiger charge is -1.95. The molecule has 0 saturated carbocycles. The van der Waals surface area contributed by atoms with Gasteiger partial charge in [-0.1, -0.05) is 12.1 Å². The Morgan fingerprint density at radius 1 is 1.10 bits per heavy atom. The van der Waals surface area contributed by atoms with E-state index in [2.05, 4.69) is 14.7 Å². The van der Waals surface area contributed by atoms with E-state index in [4.69, 9.17) is 5.11 Å². The Morgan fingerprint density at radius 2 is 1.70 bits per heavy atom. The summed E-state index contributed by atoms with van der Waals surface area (Å²) < 4.78 is 4.38. The van der Waals surface area contributed by atoms with Crippen LogP contribution in [0.2, 0.25) is 0 Å². The second-order valence-corrected chi connectivity index (χ2v) is 3.62. The molecule has 0 spiro atoms. The number of carbonyl (C=O) groups is 1. The molecule has 0 atom stereocenters. The molecular weight excluding hydrogens is 264 g/mol. The van der Waals surface area contributed by atoms with Crippen molar-refractivity contribution in [1.82, 2.24) is 9.97 Å². The monoisotopic (exact) mass is 278 g/mol. The predicted octanol–water partition coefficient (Wildman–Crippen LogP) is 0.0287. The first kappa shape index (κ1) is 15.4. The first-order chi connectivity index (χ1) is 9.56. The highest BCUT2D eigenvalue weighted by atomic mass is 16.5. The van der Waals surface area contributed by atoms with Gasteiger partial charge in [0.15, 0.2) is 0 Å². The molecule has 0 unspecified atom stereocenters. The van der Waals surface area contributed by atoms with Crippen molar-refractivity contribution in [3.05, 3.63) is 68.5 Å². The molecule has 0 saturated heterocycles. The van der Waals surface area contributed by atoms with E-state index in [-0.39, 0.29) is 23.4 Å². The molecule has 7 nitrogen and oxygen atoms in total. The van der Waals surface area contributed by atoms with Crippen LogP contribution in [0.1, 0.15) is 16.2 Å². The number of hydrogen-bond acceptors (Lipinski definition) is 5. The van der Waals surface area contributed by atoms with Crippen molar-refractivity contribution in [1.29, 1.82) is 0 Å². The number of pyridine rings is 2. The van der Waals surface area contributed by atoms with Gasteiger partial charge < -0.3 is 19.8 Å². The summed E-state index contributed by atoms with van der Waals surface area (Å²) >= 11 is 0. The zero-order valence-electron chi connectivity index (χ0n) is 10.8. The van der Waals surface area contributed by atoms with Crippen LogP contribution >= 0.6 is 0 Å². The lowest BCUT2D eigenvalue weighted by atomic mass is 10.3. The van der Waals surface area contributed by atoms with Crippen molar-refractivity contribution >= 4 is 5.97 Å². The molecule has 0 aliphatic rings. The van der Waals surface area contributed by atoms with Crippen molar-refractivity contribution in [3.8, 4) is 0 Å². The SMILES string of the molecule is COC(=O)c1cccc(=O)[nH]1.O=c1cccc(CO)[nH]1. The van der Waals surface area contributed by atoms with Crippen LogP contribution in [0.15, 0.2) is 46.0 Å². The maximum Gasteiger partial charge on any atom is 0.354 e. The van der Waals surface area contributed by atoms with Gasteiger partial charge in [0.05, 0.1) is 13.7 Å². The molecule has 2 rings (SSSR count). The number of carbonyl (C=O) groups excluding carboxylic acids is 1. The van der Waals surface area contributed by atoms with Crippen molar-refractivity contribution in [2.24, 2.45) is 0 Å². The molecule has 0 aliphatic carbocycles. The number of aliphatic hydroxyl groups is 1. The Hall–Kier alpha value is -2.67. The Kier molecular flexibility index (Phi) is 5.92. The summed E-state index contributed by atoms with van der Waals surface area (Å²) in [5.41, 5.74) is 0.219. The van der Waals surface area contributed by atoms with Crippen molar-refractivity contribution in [2.75, 3.05) is 7.11 Å². The molecule has 0 aliphatic heterocycles. The highest BCUT2D eigenvalue weighted by Crippen LogP contribution is 1.91. The third-order valence-corrected chi connectivity index (χ3v) is 2.17. The van der Waals surface area contributed by atoms with E-state index < -0.39 is 5.97 Å². The number of ether oxygens (including phenoxy) is 1. The number of nitrogens with one attached hydrogen (secondary N) is 2. The average Bonchev–Trinajstić information content (AvgIpc) is 2.47. The van der Waals surface area contributed by atoms with Crippen LogP contribution in [0.3, 0.4) is 0 Å². The molecule has 106 valence electrons. The van der Waals surface area contributed by atoms with Crippen LogP contribution in [-0.4, -0.2) is 28.2 Å². The van der Waals surface area contributed by atoms with Gasteiger partial charge in [0.2, 0.25) is 11.1 Å². The van der Waals surface area contributed by atoms with Gasteiger partial charge in [0, 0.05) is 17.8 Å². The van der Waals surface area contributed by atoms with Gasteiger partial charge in [0.25, 0.3) is 0 Å². The maximum atomic E-state index is 10.8. The highest BCUT2D eigenvalue weighted by Gasteiger charge is 2.03. The zero-order chi connectivity index (χ0) is 15.0. The van der Waals surface area contributed by atoms with Crippen molar-refractivity contribution in [3.63, 3.8) is 0 Å². The van der Waals surface area contributed by atoms with Crippen molar-refractivity contribution in [2.45, 2.75) is 6.61 Å². The number of aromatic nitrogens is 2. The van der Waals surface area contributed by atoms with E-state index in [1.165, 1.54) is 31.4 Å². The number of aliphatic hydroxyl groups excluding tert-OH is 1. The highest BCUT2D eigenvalue weighted by molar-refractivity contribution is 5.86. The Balaban J connectivity index is 0.000000204. The van der Waals surface area contributed by atoms with E-state index >= 15 is 0 Å². The number of aromatic amines is 2. The molecule has 0 bridgehead atoms. The first-order valence-corrected chi connectivity index (χ1v) is 5.63. The number of H-pyrrole nitrogens is 2. The van der Waals surface area contributed by atoms with Gasteiger partial charge in [-0.15, -0.1) is 0 Å². The van der Waals surface area contributed by atoms with Gasteiger partial charge in [-0.2, -0.15) is 0 Å². The van der Waals surface area contributed by atoms with Gasteiger partial charge in [-0.3, -0.25) is 9.59 Å². The molecule has 2 aromatic heterocycles. The molecule has 3 N–H and O–H groups in total. The Morgan fingerprint density at radius 3 is 2.15 bits per heavy atom.